The molecule has 0 unspecified atom stereocenters. The van der Waals surface area contributed by atoms with Crippen LogP contribution in [0.25, 0.3) is 0 Å². The van der Waals surface area contributed by atoms with Gasteiger partial charge in [-0.1, -0.05) is 30.7 Å². The van der Waals surface area contributed by atoms with Crippen LogP contribution in [0.3, 0.4) is 0 Å². The van der Waals surface area contributed by atoms with E-state index in [2.05, 4.69) is 28.5 Å². The molecule has 27 heavy (non-hydrogen) atoms. The first kappa shape index (κ1) is 20.4. The smallest absolute Gasteiger partial charge is 0.314 e. The first-order valence-electron chi connectivity index (χ1n) is 10.2. The minimum absolute atomic E-state index is 0.0896. The third-order valence-corrected chi connectivity index (χ3v) is 6.30. The van der Waals surface area contributed by atoms with Gasteiger partial charge in [0.15, 0.2) is 0 Å². The van der Waals surface area contributed by atoms with Crippen molar-refractivity contribution in [3.8, 4) is 0 Å². The number of likely N-dealkylation sites (tertiary alicyclic amines) is 1. The molecule has 2 N–H and O–H groups in total. The van der Waals surface area contributed by atoms with E-state index in [0.717, 1.165) is 43.4 Å². The lowest BCUT2D eigenvalue weighted by molar-refractivity contribution is 0.0507. The maximum atomic E-state index is 12.3. The van der Waals surface area contributed by atoms with Gasteiger partial charge in [-0.2, -0.15) is 0 Å². The summed E-state index contributed by atoms with van der Waals surface area (Å²) in [7, 11) is 0. The number of piperidine rings is 1. The maximum absolute atomic E-state index is 12.3. The van der Waals surface area contributed by atoms with E-state index in [4.69, 9.17) is 16.3 Å². The SMILES string of the molecule is CC1CCN(CCNC(=O)NCC2(c3cccc(Cl)c3)CCOCC2)CC1. The number of benzene rings is 1. The van der Waals surface area contributed by atoms with Gasteiger partial charge in [-0.3, -0.25) is 0 Å². The lowest BCUT2D eigenvalue weighted by Crippen LogP contribution is -2.48. The summed E-state index contributed by atoms with van der Waals surface area (Å²) in [6.07, 6.45) is 4.30. The monoisotopic (exact) mass is 393 g/mol. The van der Waals surface area contributed by atoms with Crippen LogP contribution in [0.5, 0.6) is 0 Å². The van der Waals surface area contributed by atoms with Crippen LogP contribution in [0.4, 0.5) is 4.79 Å². The molecule has 0 saturated carbocycles. The van der Waals surface area contributed by atoms with E-state index in [0.29, 0.717) is 26.3 Å². The molecule has 0 radical (unpaired) electrons. The first-order chi connectivity index (χ1) is 13.1. The van der Waals surface area contributed by atoms with E-state index in [1.807, 2.05) is 18.2 Å². The molecular formula is C21H32ClN3O2. The Labute approximate surface area is 167 Å². The summed E-state index contributed by atoms with van der Waals surface area (Å²) in [5.41, 5.74) is 1.07. The number of urea groups is 1. The fourth-order valence-electron chi connectivity index (χ4n) is 4.07. The minimum atomic E-state index is -0.108. The normalized spacial score (nSPS) is 21.0. The fraction of sp³-hybridized carbons (Fsp3) is 0.667. The zero-order chi connectivity index (χ0) is 19.1. The van der Waals surface area contributed by atoms with Crippen LogP contribution in [-0.2, 0) is 10.2 Å². The molecule has 0 spiro atoms. The summed E-state index contributed by atoms with van der Waals surface area (Å²) in [6, 6.07) is 7.90. The standard InChI is InChI=1S/C21H32ClN3O2/c1-17-5-10-25(11-6-17)12-9-23-20(26)24-16-21(7-13-27-14-8-21)18-3-2-4-19(22)15-18/h2-4,15,17H,5-14,16H2,1H3,(H2,23,24,26). The fourth-order valence-corrected chi connectivity index (χ4v) is 4.26. The molecule has 6 heteroatoms. The molecule has 0 atom stereocenters. The third kappa shape index (κ3) is 5.84. The molecule has 2 fully saturated rings. The Balaban J connectivity index is 1.48. The van der Waals surface area contributed by atoms with E-state index >= 15 is 0 Å². The van der Waals surface area contributed by atoms with E-state index < -0.39 is 0 Å². The summed E-state index contributed by atoms with van der Waals surface area (Å²) in [4.78, 5) is 14.8. The Morgan fingerprint density at radius 1 is 1.26 bits per heavy atom. The number of carbonyl (C=O) groups is 1. The van der Waals surface area contributed by atoms with Gasteiger partial charge >= 0.3 is 6.03 Å². The quantitative estimate of drug-likeness (QED) is 0.778. The number of nitrogens with zero attached hydrogens (tertiary/aromatic N) is 1. The lowest BCUT2D eigenvalue weighted by Gasteiger charge is -2.38. The van der Waals surface area contributed by atoms with Crippen LogP contribution < -0.4 is 10.6 Å². The number of ether oxygens (including phenoxy) is 1. The van der Waals surface area contributed by atoms with Crippen LogP contribution >= 0.6 is 11.6 Å². The van der Waals surface area contributed by atoms with Gasteiger partial charge in [-0.15, -0.1) is 0 Å². The predicted octanol–water partition coefficient (Wildman–Crippen LogP) is 3.42. The largest absolute Gasteiger partial charge is 0.381 e. The lowest BCUT2D eigenvalue weighted by atomic mass is 9.74. The summed E-state index contributed by atoms with van der Waals surface area (Å²) in [5, 5.41) is 6.84. The number of rotatable bonds is 6. The first-order valence-corrected chi connectivity index (χ1v) is 10.5. The molecule has 2 aliphatic rings. The number of nitrogens with one attached hydrogen (secondary N) is 2. The average Bonchev–Trinajstić information content (AvgIpc) is 2.69. The highest BCUT2D eigenvalue weighted by molar-refractivity contribution is 6.30. The molecule has 2 saturated heterocycles. The van der Waals surface area contributed by atoms with Gasteiger partial charge in [-0.25, -0.2) is 4.79 Å². The van der Waals surface area contributed by atoms with Crippen molar-refractivity contribution >= 4 is 17.6 Å². The highest BCUT2D eigenvalue weighted by Gasteiger charge is 2.35. The molecule has 2 aliphatic heterocycles. The van der Waals surface area contributed by atoms with Crippen LogP contribution in [0, 0.1) is 5.92 Å². The Bertz CT molecular complexity index is 611. The van der Waals surface area contributed by atoms with E-state index in [9.17, 15) is 4.79 Å². The second-order valence-corrected chi connectivity index (χ2v) is 8.47. The van der Waals surface area contributed by atoms with Crippen molar-refractivity contribution in [3.05, 3.63) is 34.9 Å². The minimum Gasteiger partial charge on any atom is -0.381 e. The molecule has 1 aromatic rings. The number of hydrogen-bond acceptors (Lipinski definition) is 3. The van der Waals surface area contributed by atoms with Crippen LogP contribution in [0.1, 0.15) is 38.2 Å². The van der Waals surface area contributed by atoms with Crippen molar-refractivity contribution in [2.45, 2.75) is 38.0 Å². The predicted molar refractivity (Wildman–Crippen MR) is 109 cm³/mol. The summed E-state index contributed by atoms with van der Waals surface area (Å²) in [6.45, 7) is 8.23. The molecule has 2 heterocycles. The zero-order valence-corrected chi connectivity index (χ0v) is 17.1. The number of halogens is 1. The zero-order valence-electron chi connectivity index (χ0n) is 16.3. The molecule has 150 valence electrons. The topological polar surface area (TPSA) is 53.6 Å². The van der Waals surface area contributed by atoms with Crippen molar-refractivity contribution in [2.24, 2.45) is 5.92 Å². The maximum Gasteiger partial charge on any atom is 0.314 e. The van der Waals surface area contributed by atoms with Crippen LogP contribution in [-0.4, -0.2) is 56.9 Å². The molecule has 2 amide bonds. The number of amides is 2. The summed E-state index contributed by atoms with van der Waals surface area (Å²) >= 11 is 6.20. The Kier molecular flexibility index (Phi) is 7.39. The van der Waals surface area contributed by atoms with Crippen LogP contribution in [0.2, 0.25) is 5.02 Å². The molecule has 3 rings (SSSR count). The van der Waals surface area contributed by atoms with Crippen molar-refractivity contribution in [3.63, 3.8) is 0 Å². The molecule has 0 aliphatic carbocycles. The Morgan fingerprint density at radius 3 is 2.70 bits per heavy atom. The molecule has 0 aromatic heterocycles. The van der Waals surface area contributed by atoms with E-state index in [1.165, 1.54) is 18.4 Å². The Hall–Kier alpha value is -1.30. The van der Waals surface area contributed by atoms with Crippen molar-refractivity contribution in [2.75, 3.05) is 45.9 Å². The molecule has 0 bridgehead atoms. The van der Waals surface area contributed by atoms with Gasteiger partial charge in [0, 0.05) is 43.3 Å². The highest BCUT2D eigenvalue weighted by Crippen LogP contribution is 2.35. The van der Waals surface area contributed by atoms with E-state index in [-0.39, 0.29) is 11.4 Å². The van der Waals surface area contributed by atoms with Crippen LogP contribution in [0.15, 0.2) is 24.3 Å². The molecule has 5 nitrogen and oxygen atoms in total. The van der Waals surface area contributed by atoms with Crippen molar-refractivity contribution < 1.29 is 9.53 Å². The van der Waals surface area contributed by atoms with Crippen molar-refractivity contribution in [1.82, 2.24) is 15.5 Å². The van der Waals surface area contributed by atoms with Gasteiger partial charge in [0.1, 0.15) is 0 Å². The molecule has 1 aromatic carbocycles. The Morgan fingerprint density at radius 2 is 2.00 bits per heavy atom. The van der Waals surface area contributed by atoms with Gasteiger partial charge in [0.25, 0.3) is 0 Å². The van der Waals surface area contributed by atoms with Gasteiger partial charge in [0.05, 0.1) is 0 Å². The number of carbonyl (C=O) groups excluding carboxylic acids is 1. The number of hydrogen-bond donors (Lipinski definition) is 2. The average molecular weight is 394 g/mol. The second kappa shape index (κ2) is 9.76. The summed E-state index contributed by atoms with van der Waals surface area (Å²) < 4.78 is 5.56. The third-order valence-electron chi connectivity index (χ3n) is 6.06. The molecular weight excluding hydrogens is 362 g/mol. The van der Waals surface area contributed by atoms with Crippen molar-refractivity contribution in [1.29, 1.82) is 0 Å². The van der Waals surface area contributed by atoms with Gasteiger partial charge in [-0.05, 0) is 62.4 Å². The second-order valence-electron chi connectivity index (χ2n) is 8.04. The summed E-state index contributed by atoms with van der Waals surface area (Å²) in [5.74, 6) is 0.833. The van der Waals surface area contributed by atoms with Gasteiger partial charge < -0.3 is 20.3 Å². The van der Waals surface area contributed by atoms with E-state index in [1.54, 1.807) is 0 Å². The van der Waals surface area contributed by atoms with Gasteiger partial charge in [0.2, 0.25) is 0 Å². The highest BCUT2D eigenvalue weighted by atomic mass is 35.5.